The summed E-state index contributed by atoms with van der Waals surface area (Å²) in [5.41, 5.74) is 1.99. The summed E-state index contributed by atoms with van der Waals surface area (Å²) in [5.74, 6) is -0.941. The summed E-state index contributed by atoms with van der Waals surface area (Å²) in [6, 6.07) is 5.88. The Morgan fingerprint density at radius 1 is 1.60 bits per heavy atom. The van der Waals surface area contributed by atoms with Crippen LogP contribution in [0.3, 0.4) is 0 Å². The van der Waals surface area contributed by atoms with Gasteiger partial charge in [0.2, 0.25) is 0 Å². The molecule has 0 amide bonds. The van der Waals surface area contributed by atoms with Crippen molar-refractivity contribution in [2.75, 3.05) is 24.6 Å². The molecule has 1 N–H and O–H groups in total. The molecule has 2 rings (SSSR count). The lowest BCUT2D eigenvalue weighted by molar-refractivity contribution is -0.131. The third kappa shape index (κ3) is 3.84. The monoisotopic (exact) mass is 339 g/mol. The van der Waals surface area contributed by atoms with Gasteiger partial charge in [-0.05, 0) is 46.1 Å². The topological polar surface area (TPSA) is 49.8 Å². The normalized spacial score (nSPS) is 19.5. The number of rotatable bonds is 4. The fourth-order valence-corrected chi connectivity index (χ4v) is 2.88. The van der Waals surface area contributed by atoms with Gasteiger partial charge in [-0.25, -0.2) is 4.79 Å². The molecule has 0 radical (unpaired) electrons. The molecule has 1 aliphatic heterocycles. The van der Waals surface area contributed by atoms with Crippen LogP contribution in [0.25, 0.3) is 6.08 Å². The summed E-state index contributed by atoms with van der Waals surface area (Å²) in [4.78, 5) is 12.8. The summed E-state index contributed by atoms with van der Waals surface area (Å²) < 4.78 is 6.65. The van der Waals surface area contributed by atoms with Gasteiger partial charge >= 0.3 is 5.97 Å². The molecule has 1 heterocycles. The Morgan fingerprint density at radius 2 is 2.40 bits per heavy atom. The van der Waals surface area contributed by atoms with Crippen molar-refractivity contribution in [2.24, 2.45) is 0 Å². The second kappa shape index (κ2) is 6.90. The highest BCUT2D eigenvalue weighted by molar-refractivity contribution is 9.10. The minimum absolute atomic E-state index is 0.280. The number of benzene rings is 1. The average molecular weight is 340 g/mol. The van der Waals surface area contributed by atoms with Crippen LogP contribution in [0.1, 0.15) is 18.9 Å². The zero-order valence-corrected chi connectivity index (χ0v) is 13.0. The van der Waals surface area contributed by atoms with Crippen LogP contribution in [-0.4, -0.2) is 36.9 Å². The van der Waals surface area contributed by atoms with E-state index in [2.05, 4.69) is 27.8 Å². The van der Waals surface area contributed by atoms with Gasteiger partial charge in [-0.3, -0.25) is 0 Å². The largest absolute Gasteiger partial charge is 0.478 e. The number of carbonyl (C=O) groups is 1. The third-order valence-corrected chi connectivity index (χ3v) is 3.96. The highest BCUT2D eigenvalue weighted by Gasteiger charge is 2.20. The number of aliphatic carboxylic acids is 1. The molecule has 5 heteroatoms. The maximum absolute atomic E-state index is 10.5. The van der Waals surface area contributed by atoms with E-state index in [0.717, 1.165) is 47.9 Å². The van der Waals surface area contributed by atoms with Crippen LogP contribution in [-0.2, 0) is 9.53 Å². The lowest BCUT2D eigenvalue weighted by Gasteiger charge is -2.34. The minimum Gasteiger partial charge on any atom is -0.478 e. The van der Waals surface area contributed by atoms with E-state index in [9.17, 15) is 4.79 Å². The molecule has 0 saturated carbocycles. The number of carboxylic acid groups (broad SMARTS) is 1. The van der Waals surface area contributed by atoms with Crippen molar-refractivity contribution in [2.45, 2.75) is 19.4 Å². The molecule has 1 aliphatic rings. The number of morpholine rings is 1. The summed E-state index contributed by atoms with van der Waals surface area (Å²) >= 11 is 3.57. The number of hydrogen-bond donors (Lipinski definition) is 1. The van der Waals surface area contributed by atoms with Gasteiger partial charge < -0.3 is 14.7 Å². The van der Waals surface area contributed by atoms with E-state index in [1.165, 1.54) is 0 Å². The predicted molar refractivity (Wildman–Crippen MR) is 83.1 cm³/mol. The highest BCUT2D eigenvalue weighted by atomic mass is 79.9. The molecule has 0 aromatic heterocycles. The molecule has 1 saturated heterocycles. The van der Waals surface area contributed by atoms with Crippen LogP contribution in [0.15, 0.2) is 28.7 Å². The molecule has 0 spiro atoms. The summed E-state index contributed by atoms with van der Waals surface area (Å²) in [6.45, 7) is 4.63. The Kier molecular flexibility index (Phi) is 5.20. The third-order valence-electron chi connectivity index (χ3n) is 3.32. The van der Waals surface area contributed by atoms with Gasteiger partial charge in [-0.2, -0.15) is 0 Å². The molecule has 1 atom stereocenters. The predicted octanol–water partition coefficient (Wildman–Crippen LogP) is 3.16. The second-order valence-corrected chi connectivity index (χ2v) is 5.58. The first-order valence-electron chi connectivity index (χ1n) is 6.67. The fraction of sp³-hybridized carbons (Fsp3) is 0.400. The lowest BCUT2D eigenvalue weighted by Crippen LogP contribution is -2.42. The van der Waals surface area contributed by atoms with Crippen LogP contribution in [0.2, 0.25) is 0 Å². The SMILES string of the molecule is CCC1CN(c2ccc(/C=C/C(=O)O)cc2Br)CCO1. The fourth-order valence-electron chi connectivity index (χ4n) is 2.24. The number of anilines is 1. The Balaban J connectivity index is 2.15. The molecule has 1 aromatic carbocycles. The minimum atomic E-state index is -0.941. The molecular formula is C15H18BrNO3. The summed E-state index contributed by atoms with van der Waals surface area (Å²) in [6.07, 6.45) is 4.02. The molecule has 0 bridgehead atoms. The van der Waals surface area contributed by atoms with Gasteiger partial charge in [0.15, 0.2) is 0 Å². The summed E-state index contributed by atoms with van der Waals surface area (Å²) in [5, 5.41) is 8.64. The smallest absolute Gasteiger partial charge is 0.328 e. The second-order valence-electron chi connectivity index (χ2n) is 4.73. The molecule has 1 aromatic rings. The molecule has 1 unspecified atom stereocenters. The first-order chi connectivity index (χ1) is 9.60. The number of nitrogens with zero attached hydrogens (tertiary/aromatic N) is 1. The van der Waals surface area contributed by atoms with Crippen LogP contribution < -0.4 is 4.90 Å². The summed E-state index contributed by atoms with van der Waals surface area (Å²) in [7, 11) is 0. The van der Waals surface area contributed by atoms with Gasteiger partial charge in [0.1, 0.15) is 0 Å². The van der Waals surface area contributed by atoms with E-state index in [4.69, 9.17) is 9.84 Å². The lowest BCUT2D eigenvalue weighted by atomic mass is 10.1. The Bertz CT molecular complexity index is 516. The van der Waals surface area contributed by atoms with E-state index in [1.54, 1.807) is 6.08 Å². The molecule has 4 nitrogen and oxygen atoms in total. The Labute approximate surface area is 127 Å². The number of carboxylic acids is 1. The first-order valence-corrected chi connectivity index (χ1v) is 7.46. The van der Waals surface area contributed by atoms with Crippen molar-refractivity contribution in [1.82, 2.24) is 0 Å². The van der Waals surface area contributed by atoms with Gasteiger partial charge in [-0.15, -0.1) is 0 Å². The van der Waals surface area contributed by atoms with Crippen molar-refractivity contribution in [3.8, 4) is 0 Å². The average Bonchev–Trinajstić information content (AvgIpc) is 2.45. The number of hydrogen-bond acceptors (Lipinski definition) is 3. The maximum Gasteiger partial charge on any atom is 0.328 e. The van der Waals surface area contributed by atoms with E-state index in [1.807, 2.05) is 18.2 Å². The van der Waals surface area contributed by atoms with Gasteiger partial charge in [0.25, 0.3) is 0 Å². The van der Waals surface area contributed by atoms with Crippen LogP contribution in [0, 0.1) is 0 Å². The Morgan fingerprint density at radius 3 is 3.05 bits per heavy atom. The van der Waals surface area contributed by atoms with E-state index in [-0.39, 0.29) is 6.10 Å². The van der Waals surface area contributed by atoms with Crippen LogP contribution in [0.5, 0.6) is 0 Å². The molecule has 1 fully saturated rings. The van der Waals surface area contributed by atoms with Crippen molar-refractivity contribution >= 4 is 33.7 Å². The highest BCUT2D eigenvalue weighted by Crippen LogP contribution is 2.29. The zero-order valence-electron chi connectivity index (χ0n) is 11.4. The van der Waals surface area contributed by atoms with Crippen molar-refractivity contribution in [3.63, 3.8) is 0 Å². The number of ether oxygens (including phenoxy) is 1. The van der Waals surface area contributed by atoms with Crippen LogP contribution in [0.4, 0.5) is 5.69 Å². The van der Waals surface area contributed by atoms with Crippen molar-refractivity contribution in [3.05, 3.63) is 34.3 Å². The van der Waals surface area contributed by atoms with Gasteiger partial charge in [-0.1, -0.05) is 13.0 Å². The van der Waals surface area contributed by atoms with Gasteiger partial charge in [0.05, 0.1) is 18.4 Å². The first kappa shape index (κ1) is 15.1. The van der Waals surface area contributed by atoms with E-state index in [0.29, 0.717) is 0 Å². The molecule has 108 valence electrons. The standard InChI is InChI=1S/C15H18BrNO3/c1-2-12-10-17(7-8-20-12)14-5-3-11(9-13(14)16)4-6-15(18)19/h3-6,9,12H,2,7-8,10H2,1H3,(H,18,19)/b6-4+. The van der Waals surface area contributed by atoms with Crippen LogP contribution >= 0.6 is 15.9 Å². The number of halogens is 1. The Hall–Kier alpha value is -1.33. The van der Waals surface area contributed by atoms with E-state index >= 15 is 0 Å². The maximum atomic E-state index is 10.5. The quantitative estimate of drug-likeness (QED) is 0.856. The van der Waals surface area contributed by atoms with E-state index < -0.39 is 5.97 Å². The molecular weight excluding hydrogens is 322 g/mol. The van der Waals surface area contributed by atoms with Gasteiger partial charge in [0, 0.05) is 23.6 Å². The zero-order chi connectivity index (χ0) is 14.5. The molecule has 0 aliphatic carbocycles. The van der Waals surface area contributed by atoms with Crippen molar-refractivity contribution < 1.29 is 14.6 Å². The van der Waals surface area contributed by atoms with Crippen molar-refractivity contribution in [1.29, 1.82) is 0 Å². The molecule has 20 heavy (non-hydrogen) atoms.